The zero-order valence-corrected chi connectivity index (χ0v) is 15.5. The van der Waals surface area contributed by atoms with Gasteiger partial charge in [0.15, 0.2) is 5.76 Å². The average Bonchev–Trinajstić information content (AvgIpc) is 3.07. The standard InChI is InChI=1S/C19H18Cl2N2O2/c1-23(11-14-4-3-5-16(20)19(14)21)12-18-22-10-17(25-18)13-6-8-15(24-2)9-7-13/h3-10H,11-12H2,1-2H3. The van der Waals surface area contributed by atoms with Crippen LogP contribution in [0.1, 0.15) is 11.5 Å². The SMILES string of the molecule is COc1ccc(-c2cnc(CN(C)Cc3cccc(Cl)c3Cl)o2)cc1. The third-order valence-electron chi connectivity index (χ3n) is 3.81. The average molecular weight is 377 g/mol. The van der Waals surface area contributed by atoms with Crippen LogP contribution in [0.3, 0.4) is 0 Å². The van der Waals surface area contributed by atoms with Gasteiger partial charge in [0.2, 0.25) is 5.89 Å². The van der Waals surface area contributed by atoms with Gasteiger partial charge in [0.1, 0.15) is 5.75 Å². The minimum atomic E-state index is 0.561. The largest absolute Gasteiger partial charge is 0.497 e. The Morgan fingerprint density at radius 2 is 1.84 bits per heavy atom. The van der Waals surface area contributed by atoms with Crippen LogP contribution in [-0.2, 0) is 13.1 Å². The summed E-state index contributed by atoms with van der Waals surface area (Å²) in [5.41, 5.74) is 1.93. The highest BCUT2D eigenvalue weighted by Crippen LogP contribution is 2.27. The summed E-state index contributed by atoms with van der Waals surface area (Å²) in [7, 11) is 3.62. The molecule has 0 N–H and O–H groups in total. The number of benzene rings is 2. The van der Waals surface area contributed by atoms with Crippen LogP contribution in [0.4, 0.5) is 0 Å². The summed E-state index contributed by atoms with van der Waals surface area (Å²) in [5, 5.41) is 1.15. The van der Waals surface area contributed by atoms with Crippen LogP contribution in [0.25, 0.3) is 11.3 Å². The minimum Gasteiger partial charge on any atom is -0.497 e. The molecule has 0 fully saturated rings. The van der Waals surface area contributed by atoms with E-state index in [9.17, 15) is 0 Å². The van der Waals surface area contributed by atoms with E-state index in [0.29, 0.717) is 29.0 Å². The second-order valence-corrected chi connectivity index (χ2v) is 6.52. The summed E-state index contributed by atoms with van der Waals surface area (Å²) in [4.78, 5) is 6.43. The molecule has 0 aliphatic heterocycles. The van der Waals surface area contributed by atoms with E-state index in [4.69, 9.17) is 32.4 Å². The summed E-state index contributed by atoms with van der Waals surface area (Å²) >= 11 is 12.3. The summed E-state index contributed by atoms with van der Waals surface area (Å²) in [6.07, 6.45) is 1.73. The van der Waals surface area contributed by atoms with Gasteiger partial charge < -0.3 is 9.15 Å². The number of hydrogen-bond acceptors (Lipinski definition) is 4. The predicted molar refractivity (Wildman–Crippen MR) is 100 cm³/mol. The van der Waals surface area contributed by atoms with Crippen molar-refractivity contribution >= 4 is 23.2 Å². The molecule has 1 heterocycles. The second-order valence-electron chi connectivity index (χ2n) is 5.73. The molecule has 3 aromatic rings. The maximum atomic E-state index is 6.24. The Labute approximate surface area is 156 Å². The van der Waals surface area contributed by atoms with Crippen LogP contribution in [0.15, 0.2) is 53.1 Å². The van der Waals surface area contributed by atoms with Crippen molar-refractivity contribution in [2.45, 2.75) is 13.1 Å². The first-order valence-electron chi connectivity index (χ1n) is 7.77. The maximum Gasteiger partial charge on any atom is 0.209 e. The molecule has 3 rings (SSSR count). The van der Waals surface area contributed by atoms with E-state index in [-0.39, 0.29) is 0 Å². The number of oxazole rings is 1. The molecule has 2 aromatic carbocycles. The van der Waals surface area contributed by atoms with Crippen LogP contribution in [-0.4, -0.2) is 24.0 Å². The molecule has 0 spiro atoms. The fraction of sp³-hybridized carbons (Fsp3) is 0.211. The minimum absolute atomic E-state index is 0.561. The van der Waals surface area contributed by atoms with Crippen LogP contribution in [0.5, 0.6) is 5.75 Å². The Morgan fingerprint density at radius 1 is 1.08 bits per heavy atom. The molecule has 0 aliphatic carbocycles. The number of rotatable bonds is 6. The fourth-order valence-electron chi connectivity index (χ4n) is 2.52. The van der Waals surface area contributed by atoms with Gasteiger partial charge in [-0.25, -0.2) is 4.98 Å². The molecule has 0 aliphatic rings. The molecule has 0 saturated carbocycles. The lowest BCUT2D eigenvalue weighted by Crippen LogP contribution is -2.17. The lowest BCUT2D eigenvalue weighted by atomic mass is 10.2. The third-order valence-corrected chi connectivity index (χ3v) is 4.66. The number of nitrogens with zero attached hydrogens (tertiary/aromatic N) is 2. The van der Waals surface area contributed by atoms with Crippen molar-refractivity contribution in [3.8, 4) is 17.1 Å². The number of hydrogen-bond donors (Lipinski definition) is 0. The first-order valence-corrected chi connectivity index (χ1v) is 8.53. The summed E-state index contributed by atoms with van der Waals surface area (Å²) in [6.45, 7) is 1.22. The van der Waals surface area contributed by atoms with E-state index >= 15 is 0 Å². The molecule has 25 heavy (non-hydrogen) atoms. The van der Waals surface area contributed by atoms with Gasteiger partial charge in [-0.15, -0.1) is 0 Å². The van der Waals surface area contributed by atoms with Crippen LogP contribution >= 0.6 is 23.2 Å². The Bertz CT molecular complexity index is 847. The first-order chi connectivity index (χ1) is 12.1. The molecule has 1 aromatic heterocycles. The Kier molecular flexibility index (Phi) is 5.63. The molecule has 0 unspecified atom stereocenters. The highest BCUT2D eigenvalue weighted by Gasteiger charge is 2.11. The molecule has 4 nitrogen and oxygen atoms in total. The molecule has 0 atom stereocenters. The van der Waals surface area contributed by atoms with E-state index in [1.54, 1.807) is 19.4 Å². The van der Waals surface area contributed by atoms with Gasteiger partial charge in [0, 0.05) is 12.1 Å². The van der Waals surface area contributed by atoms with Gasteiger partial charge in [0.25, 0.3) is 0 Å². The van der Waals surface area contributed by atoms with E-state index in [1.165, 1.54) is 0 Å². The monoisotopic (exact) mass is 376 g/mol. The van der Waals surface area contributed by atoms with E-state index < -0.39 is 0 Å². The predicted octanol–water partition coefficient (Wildman–Crippen LogP) is 5.29. The highest BCUT2D eigenvalue weighted by molar-refractivity contribution is 6.42. The van der Waals surface area contributed by atoms with Gasteiger partial charge in [-0.05, 0) is 42.9 Å². The van der Waals surface area contributed by atoms with Crippen LogP contribution < -0.4 is 4.74 Å². The Hall–Kier alpha value is -2.01. The molecular weight excluding hydrogens is 359 g/mol. The van der Waals surface area contributed by atoms with Crippen molar-refractivity contribution in [3.63, 3.8) is 0 Å². The summed E-state index contributed by atoms with van der Waals surface area (Å²) in [5.74, 6) is 2.18. The number of halogens is 2. The first kappa shape index (κ1) is 17.8. The van der Waals surface area contributed by atoms with Gasteiger partial charge in [-0.2, -0.15) is 0 Å². The van der Waals surface area contributed by atoms with Crippen LogP contribution in [0.2, 0.25) is 10.0 Å². The maximum absolute atomic E-state index is 6.24. The zero-order valence-electron chi connectivity index (χ0n) is 14.0. The lowest BCUT2D eigenvalue weighted by molar-refractivity contribution is 0.283. The molecule has 0 saturated heterocycles. The molecule has 130 valence electrons. The number of aromatic nitrogens is 1. The fourth-order valence-corrected chi connectivity index (χ4v) is 2.90. The van der Waals surface area contributed by atoms with Crippen molar-refractivity contribution in [2.24, 2.45) is 0 Å². The highest BCUT2D eigenvalue weighted by atomic mass is 35.5. The topological polar surface area (TPSA) is 38.5 Å². The van der Waals surface area contributed by atoms with E-state index in [0.717, 1.165) is 22.6 Å². The lowest BCUT2D eigenvalue weighted by Gasteiger charge is -2.16. The molecule has 0 radical (unpaired) electrons. The summed E-state index contributed by atoms with van der Waals surface area (Å²) in [6, 6.07) is 13.3. The second kappa shape index (κ2) is 7.91. The van der Waals surface area contributed by atoms with Crippen LogP contribution in [0, 0.1) is 0 Å². The molecule has 6 heteroatoms. The number of ether oxygens (including phenoxy) is 1. The molecule has 0 bridgehead atoms. The van der Waals surface area contributed by atoms with Crippen molar-refractivity contribution in [1.29, 1.82) is 0 Å². The zero-order chi connectivity index (χ0) is 17.8. The smallest absolute Gasteiger partial charge is 0.209 e. The normalized spacial score (nSPS) is 11.1. The molecule has 0 amide bonds. The van der Waals surface area contributed by atoms with Gasteiger partial charge in [0.05, 0.1) is 29.9 Å². The van der Waals surface area contributed by atoms with E-state index in [1.807, 2.05) is 43.4 Å². The number of methoxy groups -OCH3 is 1. The van der Waals surface area contributed by atoms with Crippen molar-refractivity contribution in [3.05, 3.63) is 70.2 Å². The van der Waals surface area contributed by atoms with Crippen molar-refractivity contribution < 1.29 is 9.15 Å². The van der Waals surface area contributed by atoms with Crippen molar-refractivity contribution in [2.75, 3.05) is 14.2 Å². The third kappa shape index (κ3) is 4.34. The quantitative estimate of drug-likeness (QED) is 0.585. The summed E-state index contributed by atoms with van der Waals surface area (Å²) < 4.78 is 11.0. The Morgan fingerprint density at radius 3 is 2.56 bits per heavy atom. The van der Waals surface area contributed by atoms with Gasteiger partial charge in [-0.1, -0.05) is 35.3 Å². The van der Waals surface area contributed by atoms with Gasteiger partial charge >= 0.3 is 0 Å². The Balaban J connectivity index is 1.67. The van der Waals surface area contributed by atoms with Crippen molar-refractivity contribution in [1.82, 2.24) is 9.88 Å². The molecular formula is C19H18Cl2N2O2. The van der Waals surface area contributed by atoms with E-state index in [2.05, 4.69) is 9.88 Å². The van der Waals surface area contributed by atoms with Gasteiger partial charge in [-0.3, -0.25) is 4.90 Å².